The molecule has 0 aliphatic rings. The molecule has 0 unspecified atom stereocenters. The molecule has 0 radical (unpaired) electrons. The first-order chi connectivity index (χ1) is 10.3. The van der Waals surface area contributed by atoms with Gasteiger partial charge in [-0.3, -0.25) is 0 Å². The number of nitrogens with zero attached hydrogens (tertiary/aromatic N) is 5. The van der Waals surface area contributed by atoms with E-state index in [2.05, 4.69) is 20.5 Å². The molecule has 0 saturated heterocycles. The highest BCUT2D eigenvalue weighted by molar-refractivity contribution is 7.66. The van der Waals surface area contributed by atoms with E-state index in [1.807, 2.05) is 30.3 Å². The lowest BCUT2D eigenvalue weighted by molar-refractivity contribution is 0.689. The highest BCUT2D eigenvalue weighted by Gasteiger charge is 2.11. The summed E-state index contributed by atoms with van der Waals surface area (Å²) in [4.78, 5) is 4.44. The number of hydrogen-bond donors (Lipinski definition) is 0. The van der Waals surface area contributed by atoms with Crippen LogP contribution in [-0.2, 0) is 6.54 Å². The maximum atomic E-state index is 9.19. The molecule has 5 nitrogen and oxygen atoms in total. The predicted molar refractivity (Wildman–Crippen MR) is 82.7 cm³/mol. The maximum Gasteiger partial charge on any atom is 0.179 e. The summed E-state index contributed by atoms with van der Waals surface area (Å²) in [5.41, 5.74) is 1.50. The van der Waals surface area contributed by atoms with Crippen molar-refractivity contribution >= 4 is 38.3 Å². The Morgan fingerprint density at radius 3 is 2.81 bits per heavy atom. The van der Waals surface area contributed by atoms with Gasteiger partial charge in [-0.05, 0) is 15.9 Å². The summed E-state index contributed by atoms with van der Waals surface area (Å²) in [5, 5.41) is 13.8. The van der Waals surface area contributed by atoms with E-state index >= 15 is 0 Å². The van der Waals surface area contributed by atoms with Crippen LogP contribution in [0.15, 0.2) is 41.5 Å². The average Bonchev–Trinajstić information content (AvgIpc) is 3.08. The van der Waals surface area contributed by atoms with Crippen molar-refractivity contribution in [2.75, 3.05) is 0 Å². The number of rotatable bonds is 3. The second-order valence-electron chi connectivity index (χ2n) is 4.09. The van der Waals surface area contributed by atoms with Gasteiger partial charge in [-0.2, -0.15) is 14.7 Å². The first-order valence-electron chi connectivity index (χ1n) is 5.94. The lowest BCUT2D eigenvalue weighted by Crippen LogP contribution is -2.03. The van der Waals surface area contributed by atoms with Crippen LogP contribution in [0.25, 0.3) is 0 Å². The molecule has 1 aromatic carbocycles. The van der Waals surface area contributed by atoms with Gasteiger partial charge in [-0.15, -0.1) is 0 Å². The first-order valence-corrected chi connectivity index (χ1v) is 8.42. The number of benzene rings is 1. The van der Waals surface area contributed by atoms with E-state index in [0.717, 1.165) is 5.56 Å². The summed E-state index contributed by atoms with van der Waals surface area (Å²) in [5.74, 6) is 0.500. The van der Waals surface area contributed by atoms with Gasteiger partial charge < -0.3 is 0 Å². The lowest BCUT2D eigenvalue weighted by Gasteiger charge is -2.04. The van der Waals surface area contributed by atoms with Crippen LogP contribution in [0, 0.1) is 11.3 Å². The molecule has 0 saturated carbocycles. The number of aromatic nitrogens is 3. The molecule has 2 aromatic heterocycles. The van der Waals surface area contributed by atoms with Crippen LogP contribution < -0.4 is 4.67 Å². The monoisotopic (exact) mass is 333 g/mol. The minimum atomic E-state index is 0.348. The van der Waals surface area contributed by atoms with Gasteiger partial charge in [-0.1, -0.05) is 41.9 Å². The lowest BCUT2D eigenvalue weighted by atomic mass is 10.2. The molecule has 0 N–H and O–H groups in total. The Morgan fingerprint density at radius 2 is 2.14 bits per heavy atom. The van der Waals surface area contributed by atoms with E-state index < -0.39 is 0 Å². The minimum Gasteiger partial charge on any atom is -0.242 e. The van der Waals surface area contributed by atoms with Crippen molar-refractivity contribution in [1.29, 1.82) is 5.26 Å². The maximum absolute atomic E-state index is 9.19. The smallest absolute Gasteiger partial charge is 0.179 e. The number of halogens is 1. The molecule has 104 valence electrons. The van der Waals surface area contributed by atoms with Gasteiger partial charge in [-0.25, -0.2) is 9.67 Å². The van der Waals surface area contributed by atoms with Crippen molar-refractivity contribution in [1.82, 2.24) is 14.2 Å². The highest BCUT2D eigenvalue weighted by Crippen LogP contribution is 2.20. The molecule has 3 rings (SSSR count). The summed E-state index contributed by atoms with van der Waals surface area (Å²) in [6, 6.07) is 12.0. The van der Waals surface area contributed by atoms with E-state index in [9.17, 15) is 5.26 Å². The van der Waals surface area contributed by atoms with Gasteiger partial charge in [0.1, 0.15) is 11.6 Å². The van der Waals surface area contributed by atoms with Crippen LogP contribution in [0.5, 0.6) is 0 Å². The second-order valence-corrected chi connectivity index (χ2v) is 6.28. The quantitative estimate of drug-likeness (QED) is 0.691. The molecular formula is C13H8ClN5S2. The predicted octanol–water partition coefficient (Wildman–Crippen LogP) is 3.21. The molecular weight excluding hydrogens is 326 g/mol. The Morgan fingerprint density at radius 1 is 1.33 bits per heavy atom. The summed E-state index contributed by atoms with van der Waals surface area (Å²) in [6.45, 7) is 0.543. The second kappa shape index (κ2) is 6.18. The van der Waals surface area contributed by atoms with Gasteiger partial charge in [0.2, 0.25) is 0 Å². The normalized spacial score (nSPS) is 11.5. The fraction of sp³-hybridized carbons (Fsp3) is 0.0769. The van der Waals surface area contributed by atoms with Crippen LogP contribution in [0.3, 0.4) is 0 Å². The van der Waals surface area contributed by atoms with Gasteiger partial charge >= 0.3 is 0 Å². The van der Waals surface area contributed by atoms with Crippen LogP contribution in [0.4, 0.5) is 5.82 Å². The van der Waals surface area contributed by atoms with Gasteiger partial charge in [0.05, 0.1) is 12.7 Å². The first kappa shape index (κ1) is 13.9. The molecule has 0 spiro atoms. The fourth-order valence-electron chi connectivity index (χ4n) is 1.77. The van der Waals surface area contributed by atoms with Crippen molar-refractivity contribution < 1.29 is 0 Å². The van der Waals surface area contributed by atoms with E-state index in [-0.39, 0.29) is 0 Å². The molecule has 0 fully saturated rings. The molecule has 0 atom stereocenters. The van der Waals surface area contributed by atoms with Crippen molar-refractivity contribution in [3.63, 3.8) is 0 Å². The summed E-state index contributed by atoms with van der Waals surface area (Å²) in [6.07, 6.45) is 1.51. The topological polar surface area (TPSA) is 66.9 Å². The molecule has 0 amide bonds. The zero-order valence-corrected chi connectivity index (χ0v) is 13.0. The largest absolute Gasteiger partial charge is 0.242 e. The van der Waals surface area contributed by atoms with Gasteiger partial charge in [0.15, 0.2) is 15.6 Å². The zero-order chi connectivity index (χ0) is 14.7. The Labute approximate surface area is 133 Å². The Balaban J connectivity index is 2.06. The van der Waals surface area contributed by atoms with Crippen LogP contribution in [-0.4, -0.2) is 14.2 Å². The van der Waals surface area contributed by atoms with Gasteiger partial charge in [0.25, 0.3) is 0 Å². The summed E-state index contributed by atoms with van der Waals surface area (Å²) in [7, 11) is 2.63. The third kappa shape index (κ3) is 3.03. The molecule has 21 heavy (non-hydrogen) atoms. The van der Waals surface area contributed by atoms with E-state index in [1.165, 1.54) is 27.1 Å². The number of nitriles is 1. The third-order valence-electron chi connectivity index (χ3n) is 2.72. The highest BCUT2D eigenvalue weighted by atomic mass is 35.5. The van der Waals surface area contributed by atoms with E-state index in [4.69, 9.17) is 11.6 Å². The SMILES string of the molecule is N#Cc1cnn(Cc2ccccc2)c1/N=c1\ssnc1Cl. The third-order valence-corrected chi connectivity index (χ3v) is 4.90. The van der Waals surface area contributed by atoms with Gasteiger partial charge in [0, 0.05) is 10.5 Å². The van der Waals surface area contributed by atoms with Crippen molar-refractivity contribution in [2.45, 2.75) is 6.54 Å². The fourth-order valence-corrected chi connectivity index (χ4v) is 3.74. The molecule has 0 aliphatic carbocycles. The molecule has 0 bridgehead atoms. The van der Waals surface area contributed by atoms with Crippen LogP contribution in [0.2, 0.25) is 5.15 Å². The van der Waals surface area contributed by atoms with Crippen molar-refractivity contribution in [3.05, 3.63) is 57.5 Å². The van der Waals surface area contributed by atoms with Crippen molar-refractivity contribution in [2.24, 2.45) is 4.99 Å². The Hall–Kier alpha value is -2.01. The standard InChI is InChI=1S/C13H8ClN5S2/c14-11-13(20-21-18-11)17-12-10(6-15)7-16-19(12)8-9-4-2-1-3-5-9/h1-5,7H,8H2/b17-13-. The molecule has 8 heteroatoms. The average molecular weight is 334 g/mol. The van der Waals surface area contributed by atoms with E-state index in [1.54, 1.807) is 4.68 Å². The van der Waals surface area contributed by atoms with Crippen molar-refractivity contribution in [3.8, 4) is 6.07 Å². The summed E-state index contributed by atoms with van der Waals surface area (Å²) >= 11 is 5.97. The molecule has 0 aliphatic heterocycles. The molecule has 2 heterocycles. The van der Waals surface area contributed by atoms with E-state index in [0.29, 0.717) is 27.8 Å². The zero-order valence-electron chi connectivity index (χ0n) is 10.6. The van der Waals surface area contributed by atoms with Crippen LogP contribution >= 0.6 is 32.5 Å². The minimum absolute atomic E-state index is 0.348. The Kier molecular flexibility index (Phi) is 4.10. The van der Waals surface area contributed by atoms with Crippen LogP contribution in [0.1, 0.15) is 11.1 Å². The molecule has 3 aromatic rings. The Bertz CT molecular complexity index is 857. The summed E-state index contributed by atoms with van der Waals surface area (Å²) < 4.78 is 6.27. The number of hydrogen-bond acceptors (Lipinski definition) is 6.